The largest absolute Gasteiger partial charge is 0.482 e. The van der Waals surface area contributed by atoms with Crippen molar-refractivity contribution in [2.75, 3.05) is 11.9 Å². The first kappa shape index (κ1) is 30.4. The van der Waals surface area contributed by atoms with Gasteiger partial charge in [0.15, 0.2) is 11.7 Å². The second-order valence-electron chi connectivity index (χ2n) is 11.7. The van der Waals surface area contributed by atoms with Crippen LogP contribution in [0.2, 0.25) is 0 Å². The van der Waals surface area contributed by atoms with E-state index in [1.165, 1.54) is 30.6 Å². The van der Waals surface area contributed by atoms with Crippen molar-refractivity contribution in [1.29, 1.82) is 0 Å². The number of hydrogen-bond acceptors (Lipinski definition) is 8. The van der Waals surface area contributed by atoms with Gasteiger partial charge in [-0.1, -0.05) is 31.4 Å². The Balaban J connectivity index is 1.27. The van der Waals surface area contributed by atoms with Crippen LogP contribution in [0.4, 0.5) is 5.13 Å². The molecule has 0 radical (unpaired) electrons. The molecular formula is C34H37N5O5S. The van der Waals surface area contributed by atoms with E-state index in [2.05, 4.69) is 29.0 Å². The Bertz CT molecular complexity index is 1750. The number of fused-ring (bicyclic) bond motifs is 1. The topological polar surface area (TPSA) is 132 Å². The van der Waals surface area contributed by atoms with E-state index >= 15 is 0 Å². The van der Waals surface area contributed by atoms with Crippen molar-refractivity contribution >= 4 is 39.4 Å². The number of aromatic nitrogens is 3. The molecule has 3 aromatic heterocycles. The van der Waals surface area contributed by atoms with Crippen LogP contribution in [0.1, 0.15) is 79.7 Å². The Morgan fingerprint density at radius 2 is 1.89 bits per heavy atom. The number of imidazole rings is 1. The number of anilines is 1. The van der Waals surface area contributed by atoms with Gasteiger partial charge in [0.2, 0.25) is 0 Å². The Labute approximate surface area is 265 Å². The molecule has 1 saturated carbocycles. The summed E-state index contributed by atoms with van der Waals surface area (Å²) in [6.07, 6.45) is 9.73. The normalized spacial score (nSPS) is 14.5. The van der Waals surface area contributed by atoms with E-state index in [0.717, 1.165) is 51.7 Å². The third-order valence-corrected chi connectivity index (χ3v) is 8.78. The van der Waals surface area contributed by atoms with Gasteiger partial charge in [-0.2, -0.15) is 0 Å². The van der Waals surface area contributed by atoms with Crippen molar-refractivity contribution in [3.8, 4) is 17.1 Å². The number of carbonyl (C=O) groups is 2. The molecule has 1 atom stereocenters. The van der Waals surface area contributed by atoms with Gasteiger partial charge in [0.05, 0.1) is 34.6 Å². The van der Waals surface area contributed by atoms with E-state index in [-0.39, 0.29) is 11.9 Å². The van der Waals surface area contributed by atoms with Crippen LogP contribution in [0.15, 0.2) is 70.9 Å². The van der Waals surface area contributed by atoms with E-state index in [0.29, 0.717) is 23.8 Å². The van der Waals surface area contributed by atoms with Crippen molar-refractivity contribution in [3.63, 3.8) is 0 Å². The molecule has 3 heterocycles. The Hall–Kier alpha value is -4.64. The fourth-order valence-electron chi connectivity index (χ4n) is 5.88. The van der Waals surface area contributed by atoms with E-state index in [9.17, 15) is 9.59 Å². The summed E-state index contributed by atoms with van der Waals surface area (Å²) in [6.45, 7) is 3.70. The summed E-state index contributed by atoms with van der Waals surface area (Å²) in [5, 5.41) is 18.2. The summed E-state index contributed by atoms with van der Waals surface area (Å²) in [5.41, 5.74) is 4.94. The molecule has 0 bridgehead atoms. The van der Waals surface area contributed by atoms with Crippen molar-refractivity contribution in [3.05, 3.63) is 83.3 Å². The van der Waals surface area contributed by atoms with E-state index < -0.39 is 18.6 Å². The number of carboxylic acids is 1. The second-order valence-corrected chi connectivity index (χ2v) is 12.6. The van der Waals surface area contributed by atoms with Gasteiger partial charge < -0.3 is 29.5 Å². The summed E-state index contributed by atoms with van der Waals surface area (Å²) in [5.74, 6) is 0.0821. The highest BCUT2D eigenvalue weighted by molar-refractivity contribution is 7.13. The lowest BCUT2D eigenvalue weighted by Crippen LogP contribution is -2.30. The average Bonchev–Trinajstić information content (AvgIpc) is 3.80. The maximum absolute atomic E-state index is 13.8. The number of carboxylic acid groups (broad SMARTS) is 1. The number of benzene rings is 2. The summed E-state index contributed by atoms with van der Waals surface area (Å²) >= 11 is 1.50. The number of aliphatic carboxylic acids is 1. The number of nitrogens with zero attached hydrogens (tertiary/aromatic N) is 3. The molecule has 1 unspecified atom stereocenters. The van der Waals surface area contributed by atoms with Crippen LogP contribution >= 0.6 is 11.3 Å². The molecule has 10 nitrogen and oxygen atoms in total. The number of rotatable bonds is 12. The van der Waals surface area contributed by atoms with Gasteiger partial charge in [-0.15, -0.1) is 11.3 Å². The van der Waals surface area contributed by atoms with Crippen LogP contribution in [-0.2, 0) is 11.2 Å². The fourth-order valence-corrected chi connectivity index (χ4v) is 6.79. The molecule has 1 fully saturated rings. The Kier molecular flexibility index (Phi) is 9.16. The highest BCUT2D eigenvalue weighted by Crippen LogP contribution is 2.36. The van der Waals surface area contributed by atoms with Gasteiger partial charge in [0, 0.05) is 23.0 Å². The molecule has 1 amide bonds. The quantitative estimate of drug-likeness (QED) is 0.132. The number of thiazole rings is 1. The highest BCUT2D eigenvalue weighted by atomic mass is 32.1. The SMILES string of the molecule is CC(C)Nc1nc(C(Cc2ccc(OCC(=O)O)cc2)NC(=O)c2ccc3c(c2)nc(-c2ccoc2)n3C2CCCCC2)cs1. The van der Waals surface area contributed by atoms with E-state index in [1.807, 2.05) is 41.8 Å². The third kappa shape index (κ3) is 7.20. The van der Waals surface area contributed by atoms with Crippen LogP contribution in [0.3, 0.4) is 0 Å². The van der Waals surface area contributed by atoms with Crippen LogP contribution < -0.4 is 15.4 Å². The molecule has 45 heavy (non-hydrogen) atoms. The third-order valence-electron chi connectivity index (χ3n) is 7.99. The lowest BCUT2D eigenvalue weighted by molar-refractivity contribution is -0.139. The number of hydrogen-bond donors (Lipinski definition) is 3. The van der Waals surface area contributed by atoms with Crippen LogP contribution in [0.25, 0.3) is 22.4 Å². The number of furan rings is 1. The smallest absolute Gasteiger partial charge is 0.341 e. The minimum Gasteiger partial charge on any atom is -0.482 e. The van der Waals surface area contributed by atoms with Gasteiger partial charge in [0.1, 0.15) is 17.8 Å². The fraction of sp³-hybridized carbons (Fsp3) is 0.353. The molecular weight excluding hydrogens is 590 g/mol. The maximum atomic E-state index is 13.8. The summed E-state index contributed by atoms with van der Waals surface area (Å²) in [6, 6.07) is 15.1. The minimum absolute atomic E-state index is 0.216. The maximum Gasteiger partial charge on any atom is 0.341 e. The zero-order valence-electron chi connectivity index (χ0n) is 25.4. The van der Waals surface area contributed by atoms with Crippen LogP contribution in [-0.4, -0.2) is 44.2 Å². The first-order valence-corrected chi connectivity index (χ1v) is 16.2. The van der Waals surface area contributed by atoms with Gasteiger partial charge in [-0.05, 0) is 75.1 Å². The molecule has 11 heteroatoms. The lowest BCUT2D eigenvalue weighted by atomic mass is 9.95. The van der Waals surface area contributed by atoms with Gasteiger partial charge in [-0.3, -0.25) is 4.79 Å². The molecule has 5 aromatic rings. The van der Waals surface area contributed by atoms with Gasteiger partial charge >= 0.3 is 5.97 Å². The highest BCUT2D eigenvalue weighted by Gasteiger charge is 2.25. The first-order valence-electron chi connectivity index (χ1n) is 15.3. The number of amides is 1. The predicted molar refractivity (Wildman–Crippen MR) is 174 cm³/mol. The molecule has 0 saturated heterocycles. The molecule has 2 aromatic carbocycles. The molecule has 1 aliphatic rings. The van der Waals surface area contributed by atoms with Crippen molar-refractivity contribution < 1.29 is 23.8 Å². The van der Waals surface area contributed by atoms with Gasteiger partial charge in [0.25, 0.3) is 5.91 Å². The van der Waals surface area contributed by atoms with Crippen molar-refractivity contribution in [2.45, 2.75) is 70.5 Å². The number of nitrogens with one attached hydrogen (secondary N) is 2. The van der Waals surface area contributed by atoms with Crippen LogP contribution in [0, 0.1) is 0 Å². The molecule has 1 aliphatic carbocycles. The van der Waals surface area contributed by atoms with E-state index in [1.54, 1.807) is 24.7 Å². The minimum atomic E-state index is -1.03. The molecule has 0 aliphatic heterocycles. The lowest BCUT2D eigenvalue weighted by Gasteiger charge is -2.25. The standard InChI is InChI=1S/C34H37N5O5S/c1-21(2)35-34-38-29(20-45-34)27(16-22-8-11-26(12-9-22)44-19-31(40)41)37-33(42)23-10-13-30-28(17-23)36-32(24-14-15-43-18-24)39(30)25-6-4-3-5-7-25/h8-15,17-18,20-21,25,27H,3-7,16,19H2,1-2H3,(H,35,38)(H,37,42)(H,40,41). The zero-order valence-corrected chi connectivity index (χ0v) is 26.2. The molecule has 3 N–H and O–H groups in total. The second kappa shape index (κ2) is 13.6. The summed E-state index contributed by atoms with van der Waals surface area (Å²) in [4.78, 5) is 34.4. The Morgan fingerprint density at radius 1 is 1.09 bits per heavy atom. The average molecular weight is 628 g/mol. The van der Waals surface area contributed by atoms with Crippen molar-refractivity contribution in [2.24, 2.45) is 0 Å². The molecule has 6 rings (SSSR count). The number of carbonyl (C=O) groups excluding carboxylic acids is 1. The number of ether oxygens (including phenoxy) is 1. The Morgan fingerprint density at radius 3 is 2.60 bits per heavy atom. The summed E-state index contributed by atoms with van der Waals surface area (Å²) in [7, 11) is 0. The monoisotopic (exact) mass is 627 g/mol. The first-order chi connectivity index (χ1) is 21.8. The van der Waals surface area contributed by atoms with Crippen LogP contribution in [0.5, 0.6) is 5.75 Å². The van der Waals surface area contributed by atoms with Gasteiger partial charge in [-0.25, -0.2) is 14.8 Å². The molecule has 0 spiro atoms. The van der Waals surface area contributed by atoms with E-state index in [4.69, 9.17) is 24.2 Å². The molecule has 234 valence electrons. The predicted octanol–water partition coefficient (Wildman–Crippen LogP) is 7.26. The zero-order chi connectivity index (χ0) is 31.3. The van der Waals surface area contributed by atoms with Crippen molar-refractivity contribution in [1.82, 2.24) is 19.9 Å². The summed E-state index contributed by atoms with van der Waals surface area (Å²) < 4.78 is 13.0.